The van der Waals surface area contributed by atoms with E-state index in [9.17, 15) is 53.0 Å². The fraction of sp³-hybridized carbons (Fsp3) is 0.217. The molecule has 0 saturated heterocycles. The monoisotopic (exact) mass is 608 g/mol. The summed E-state index contributed by atoms with van der Waals surface area (Å²) in [6.07, 6.45) is -15.5. The number of aliphatic hydroxyl groups excluding tert-OH is 1. The zero-order chi connectivity index (χ0) is 29.3. The molecule has 0 aliphatic carbocycles. The first-order valence-electron chi connectivity index (χ1n) is 10.4. The zero-order valence-electron chi connectivity index (χ0n) is 19.1. The van der Waals surface area contributed by atoms with Crippen LogP contribution in [0.15, 0.2) is 93.5 Å². The molecule has 0 saturated carbocycles. The minimum absolute atomic E-state index is 0.179. The molecule has 3 rings (SSSR count). The summed E-state index contributed by atoms with van der Waals surface area (Å²) in [5.74, 6) is -1.23. The van der Waals surface area contributed by atoms with Gasteiger partial charge in [-0.25, -0.2) is 8.02 Å². The van der Waals surface area contributed by atoms with Crippen LogP contribution < -0.4 is 4.74 Å². The van der Waals surface area contributed by atoms with Crippen molar-refractivity contribution in [2.45, 2.75) is 38.4 Å². The smallest absolute Gasteiger partial charge is 0.422 e. The zero-order valence-corrected chi connectivity index (χ0v) is 20.7. The third-order valence-electron chi connectivity index (χ3n) is 4.93. The summed E-state index contributed by atoms with van der Waals surface area (Å²) in [6.45, 7) is -1.70. The van der Waals surface area contributed by atoms with E-state index in [2.05, 4.69) is 4.74 Å². The molecule has 16 heteroatoms. The number of halogens is 9. The van der Waals surface area contributed by atoms with E-state index in [-0.39, 0.29) is 20.4 Å². The van der Waals surface area contributed by atoms with Gasteiger partial charge in [0.25, 0.3) is 0 Å². The molecule has 0 bridgehead atoms. The highest BCUT2D eigenvalue weighted by Gasteiger charge is 2.65. The molecule has 3 aromatic carbocycles. The van der Waals surface area contributed by atoms with Gasteiger partial charge in [0.2, 0.25) is 6.10 Å². The molecule has 2 unspecified atom stereocenters. The molecule has 0 radical (unpaired) electrons. The van der Waals surface area contributed by atoms with Gasteiger partial charge in [0.05, 0.1) is 0 Å². The first kappa shape index (κ1) is 30.6. The molecule has 0 spiro atoms. The Balaban J connectivity index is 2.27. The Morgan fingerprint density at radius 1 is 0.718 bits per heavy atom. The van der Waals surface area contributed by atoms with Crippen molar-refractivity contribution in [3.63, 3.8) is 0 Å². The summed E-state index contributed by atoms with van der Waals surface area (Å²) >= 11 is 0. The molecule has 0 aromatic heterocycles. The number of aliphatic hydroxyl groups is 1. The summed E-state index contributed by atoms with van der Waals surface area (Å²) in [7, 11) is -10.7. The molecular formula is C23H17F9O5S2. The molecule has 0 amide bonds. The van der Waals surface area contributed by atoms with Crippen LogP contribution in [0.2, 0.25) is 0 Å². The second kappa shape index (κ2) is 10.9. The lowest BCUT2D eigenvalue weighted by Gasteiger charge is -2.40. The largest absolute Gasteiger partial charge is 0.484 e. The standard InChI is InChI=1S/C23H17F9O5S2/c24-15-6-10-18(11-7-15)38(17-4-2-1-3-5-17,19-12-8-16(9-13-19)36-14-21(25,26)27)37-39(34,35)23(31,32)20(33)22(28,29)30/h1-13,20,33H,14H2. The van der Waals surface area contributed by atoms with Crippen molar-refractivity contribution in [3.8, 4) is 5.75 Å². The molecule has 1 N–H and O–H groups in total. The van der Waals surface area contributed by atoms with Crippen LogP contribution >= 0.6 is 10.3 Å². The normalized spacial score (nSPS) is 16.3. The number of ether oxygens (including phenoxy) is 1. The Labute approximate surface area is 217 Å². The average molecular weight is 609 g/mol. The van der Waals surface area contributed by atoms with Gasteiger partial charge in [0, 0.05) is 14.7 Å². The molecule has 3 aromatic rings. The van der Waals surface area contributed by atoms with Crippen LogP contribution in [0.5, 0.6) is 5.75 Å². The molecule has 0 heterocycles. The lowest BCUT2D eigenvalue weighted by Crippen LogP contribution is -2.50. The van der Waals surface area contributed by atoms with E-state index in [1.807, 2.05) is 0 Å². The van der Waals surface area contributed by atoms with Gasteiger partial charge in [-0.2, -0.15) is 43.5 Å². The lowest BCUT2D eigenvalue weighted by atomic mass is 10.3. The highest BCUT2D eigenvalue weighted by molar-refractivity contribution is 8.33. The van der Waals surface area contributed by atoms with Crippen LogP contribution in [0.3, 0.4) is 0 Å². The molecule has 5 nitrogen and oxygen atoms in total. The van der Waals surface area contributed by atoms with Crippen LogP contribution in [-0.4, -0.2) is 43.8 Å². The van der Waals surface area contributed by atoms with E-state index >= 15 is 0 Å². The number of hydrogen-bond donors (Lipinski definition) is 1. The van der Waals surface area contributed by atoms with Crippen molar-refractivity contribution in [3.05, 3.63) is 84.7 Å². The van der Waals surface area contributed by atoms with Crippen LogP contribution in [0.25, 0.3) is 0 Å². The number of benzene rings is 3. The minimum Gasteiger partial charge on any atom is -0.484 e. The third-order valence-corrected chi connectivity index (χ3v) is 10.2. The second-order valence-electron chi connectivity index (χ2n) is 7.73. The molecule has 0 aliphatic rings. The molecular weight excluding hydrogens is 591 g/mol. The third kappa shape index (κ3) is 6.62. The quantitative estimate of drug-likeness (QED) is 0.270. The summed E-state index contributed by atoms with van der Waals surface area (Å²) in [6, 6.07) is 13.7. The Bertz CT molecular complexity index is 1360. The maximum Gasteiger partial charge on any atom is 0.422 e. The fourth-order valence-electron chi connectivity index (χ4n) is 3.16. The lowest BCUT2D eigenvalue weighted by molar-refractivity contribution is -0.248. The van der Waals surface area contributed by atoms with Gasteiger partial charge in [0.1, 0.15) is 11.6 Å². The van der Waals surface area contributed by atoms with Gasteiger partial charge in [-0.3, -0.25) is 0 Å². The highest BCUT2D eigenvalue weighted by Crippen LogP contribution is 2.70. The van der Waals surface area contributed by atoms with Gasteiger partial charge in [-0.15, -0.1) is 0 Å². The van der Waals surface area contributed by atoms with E-state index in [1.165, 1.54) is 30.3 Å². The number of rotatable bonds is 9. The molecule has 0 fully saturated rings. The van der Waals surface area contributed by atoms with Gasteiger partial charge in [0.15, 0.2) is 6.61 Å². The topological polar surface area (TPSA) is 72.8 Å². The van der Waals surface area contributed by atoms with Crippen molar-refractivity contribution in [1.82, 2.24) is 0 Å². The van der Waals surface area contributed by atoms with Crippen LogP contribution in [-0.2, 0) is 13.7 Å². The fourth-order valence-corrected chi connectivity index (χ4v) is 8.35. The van der Waals surface area contributed by atoms with E-state index in [1.54, 1.807) is 0 Å². The minimum atomic E-state index is -6.63. The maximum absolute atomic E-state index is 14.7. The SMILES string of the molecule is O=S(=O)(OS(c1ccccc1)(c1ccc(F)cc1)c1ccc(OCC(F)(F)F)cc1)C(F)(F)C(O)C(F)(F)F. The maximum atomic E-state index is 14.7. The average Bonchev–Trinajstić information content (AvgIpc) is 2.86. The Kier molecular flexibility index (Phi) is 8.55. The Morgan fingerprint density at radius 3 is 1.64 bits per heavy atom. The van der Waals surface area contributed by atoms with Crippen molar-refractivity contribution in [1.29, 1.82) is 0 Å². The van der Waals surface area contributed by atoms with Crippen molar-refractivity contribution in [2.75, 3.05) is 6.61 Å². The molecule has 214 valence electrons. The molecule has 2 atom stereocenters. The first-order valence-corrected chi connectivity index (χ1v) is 13.4. The van der Waals surface area contributed by atoms with Crippen molar-refractivity contribution < 1.29 is 61.4 Å². The van der Waals surface area contributed by atoms with Crippen LogP contribution in [0.4, 0.5) is 39.5 Å². The van der Waals surface area contributed by atoms with Crippen LogP contribution in [0, 0.1) is 5.82 Å². The van der Waals surface area contributed by atoms with Crippen LogP contribution in [0.1, 0.15) is 0 Å². The Morgan fingerprint density at radius 2 is 1.18 bits per heavy atom. The summed E-state index contributed by atoms with van der Waals surface area (Å²) in [4.78, 5) is -0.776. The summed E-state index contributed by atoms with van der Waals surface area (Å²) in [5, 5.41) is 3.26. The second-order valence-corrected chi connectivity index (χ2v) is 12.3. The molecule has 39 heavy (non-hydrogen) atoms. The van der Waals surface area contributed by atoms with Gasteiger partial charge < -0.3 is 9.84 Å². The van der Waals surface area contributed by atoms with E-state index in [0.29, 0.717) is 0 Å². The van der Waals surface area contributed by atoms with E-state index in [0.717, 1.165) is 48.5 Å². The molecule has 0 aliphatic heterocycles. The van der Waals surface area contributed by atoms with E-state index in [4.69, 9.17) is 3.63 Å². The summed E-state index contributed by atoms with van der Waals surface area (Å²) in [5.41, 5.74) is 0. The van der Waals surface area contributed by atoms with Gasteiger partial charge in [-0.1, -0.05) is 18.2 Å². The Hall–Kier alpha value is -2.95. The number of alkyl halides is 8. The number of hydrogen-bond acceptors (Lipinski definition) is 5. The predicted molar refractivity (Wildman–Crippen MR) is 120 cm³/mol. The first-order chi connectivity index (χ1) is 17.9. The van der Waals surface area contributed by atoms with Gasteiger partial charge in [-0.05, 0) is 71.0 Å². The summed E-state index contributed by atoms with van der Waals surface area (Å²) < 4.78 is 155. The van der Waals surface area contributed by atoms with Gasteiger partial charge >= 0.3 is 27.7 Å². The van der Waals surface area contributed by atoms with E-state index < -0.39 is 56.6 Å². The highest BCUT2D eigenvalue weighted by atomic mass is 32.3. The predicted octanol–water partition coefficient (Wildman–Crippen LogP) is 6.83. The van der Waals surface area contributed by atoms with Crippen molar-refractivity contribution in [2.24, 2.45) is 0 Å². The van der Waals surface area contributed by atoms with Crippen molar-refractivity contribution >= 4 is 20.4 Å².